The van der Waals surface area contributed by atoms with Crippen LogP contribution in [-0.4, -0.2) is 25.1 Å². The number of aryl methyl sites for hydroxylation is 1. The van der Waals surface area contributed by atoms with E-state index >= 15 is 0 Å². The molecule has 0 fully saturated rings. The summed E-state index contributed by atoms with van der Waals surface area (Å²) in [5.41, 5.74) is 5.49. The predicted molar refractivity (Wildman–Crippen MR) is 124 cm³/mol. The van der Waals surface area contributed by atoms with Gasteiger partial charge < -0.3 is 14.8 Å². The van der Waals surface area contributed by atoms with E-state index in [0.29, 0.717) is 23.1 Å². The number of carbonyl (C=O) groups is 2. The Kier molecular flexibility index (Phi) is 7.83. The number of rotatable bonds is 7. The molecule has 3 aromatic rings. The molecule has 0 radical (unpaired) electrons. The quantitative estimate of drug-likeness (QED) is 0.318. The van der Waals surface area contributed by atoms with Gasteiger partial charge in [-0.25, -0.2) is 5.43 Å². The van der Waals surface area contributed by atoms with E-state index in [-0.39, 0.29) is 5.69 Å². The molecule has 0 heterocycles. The summed E-state index contributed by atoms with van der Waals surface area (Å²) in [5, 5.41) is 6.65. The zero-order valence-corrected chi connectivity index (χ0v) is 18.3. The van der Waals surface area contributed by atoms with Gasteiger partial charge in [0.1, 0.15) is 18.1 Å². The highest BCUT2D eigenvalue weighted by Gasteiger charge is 2.15. The van der Waals surface area contributed by atoms with Gasteiger partial charge in [0.25, 0.3) is 0 Å². The molecule has 0 bridgehead atoms. The fourth-order valence-electron chi connectivity index (χ4n) is 2.76. The van der Waals surface area contributed by atoms with E-state index in [1.54, 1.807) is 36.4 Å². The minimum absolute atomic E-state index is 0.283. The van der Waals surface area contributed by atoms with E-state index in [0.717, 1.165) is 11.1 Å². The Labute approximate surface area is 191 Å². The van der Waals surface area contributed by atoms with Crippen molar-refractivity contribution in [2.45, 2.75) is 13.5 Å². The van der Waals surface area contributed by atoms with E-state index in [1.807, 2.05) is 31.2 Å². The first kappa shape index (κ1) is 22.8. The summed E-state index contributed by atoms with van der Waals surface area (Å²) < 4.78 is 10.9. The zero-order chi connectivity index (χ0) is 22.9. The number of ether oxygens (including phenoxy) is 2. The molecule has 164 valence electrons. The number of anilines is 1. The largest absolute Gasteiger partial charge is 0.495 e. The number of nitrogens with zero attached hydrogens (tertiary/aromatic N) is 1. The minimum atomic E-state index is -0.929. The highest BCUT2D eigenvalue weighted by Crippen LogP contribution is 2.27. The summed E-state index contributed by atoms with van der Waals surface area (Å²) >= 11 is 5.92. The zero-order valence-electron chi connectivity index (χ0n) is 17.6. The van der Waals surface area contributed by atoms with Gasteiger partial charge in [0.05, 0.1) is 19.0 Å². The fraction of sp³-hybridized carbons (Fsp3) is 0.125. The van der Waals surface area contributed by atoms with E-state index in [4.69, 9.17) is 21.1 Å². The molecule has 0 saturated heterocycles. The molecule has 0 aliphatic rings. The number of hydrogen-bond donors (Lipinski definition) is 2. The van der Waals surface area contributed by atoms with Gasteiger partial charge in [-0.2, -0.15) is 5.10 Å². The summed E-state index contributed by atoms with van der Waals surface area (Å²) in [6.07, 6.45) is 1.43. The molecule has 2 N–H and O–H groups in total. The molecule has 7 nitrogen and oxygen atoms in total. The van der Waals surface area contributed by atoms with Gasteiger partial charge in [0.15, 0.2) is 0 Å². The molecule has 0 atom stereocenters. The number of hydrazone groups is 1. The van der Waals surface area contributed by atoms with Crippen molar-refractivity contribution < 1.29 is 19.1 Å². The molecule has 0 saturated carbocycles. The third-order valence-corrected chi connectivity index (χ3v) is 4.77. The molecular weight excluding hydrogens is 430 g/mol. The van der Waals surface area contributed by atoms with Gasteiger partial charge in [-0.05, 0) is 66.1 Å². The van der Waals surface area contributed by atoms with Crippen LogP contribution in [-0.2, 0) is 16.2 Å². The molecule has 0 aromatic heterocycles. The van der Waals surface area contributed by atoms with Crippen LogP contribution >= 0.6 is 11.6 Å². The molecule has 0 unspecified atom stereocenters. The smallest absolute Gasteiger partial charge is 0.329 e. The second-order valence-corrected chi connectivity index (χ2v) is 7.22. The molecule has 0 spiro atoms. The number of benzene rings is 3. The average molecular weight is 452 g/mol. The van der Waals surface area contributed by atoms with Crippen LogP contribution in [0.15, 0.2) is 71.8 Å². The van der Waals surface area contributed by atoms with Crippen LogP contribution in [0.3, 0.4) is 0 Å². The number of halogens is 1. The Morgan fingerprint density at radius 2 is 1.78 bits per heavy atom. The van der Waals surface area contributed by atoms with Crippen LogP contribution < -0.4 is 20.2 Å². The van der Waals surface area contributed by atoms with Crippen molar-refractivity contribution in [2.75, 3.05) is 12.4 Å². The lowest BCUT2D eigenvalue weighted by Crippen LogP contribution is -2.32. The maximum atomic E-state index is 12.1. The highest BCUT2D eigenvalue weighted by atomic mass is 35.5. The lowest BCUT2D eigenvalue weighted by molar-refractivity contribution is -0.136. The van der Waals surface area contributed by atoms with Crippen molar-refractivity contribution in [1.29, 1.82) is 0 Å². The summed E-state index contributed by atoms with van der Waals surface area (Å²) in [6, 6.07) is 19.9. The van der Waals surface area contributed by atoms with Crippen LogP contribution in [0.5, 0.6) is 11.5 Å². The normalized spacial score (nSPS) is 10.6. The fourth-order valence-corrected chi connectivity index (χ4v) is 2.93. The average Bonchev–Trinajstić information content (AvgIpc) is 2.79. The minimum Gasteiger partial charge on any atom is -0.495 e. The van der Waals surface area contributed by atoms with Crippen LogP contribution in [0.4, 0.5) is 5.69 Å². The van der Waals surface area contributed by atoms with Crippen LogP contribution in [0.25, 0.3) is 0 Å². The second-order valence-electron chi connectivity index (χ2n) is 6.78. The number of methoxy groups -OCH3 is 1. The first-order chi connectivity index (χ1) is 15.5. The Balaban J connectivity index is 1.51. The standard InChI is InChI=1S/C24H22ClN3O4/c1-16-5-3-4-6-18(16)15-32-20-10-7-17(8-11-20)14-26-28-24(30)23(29)27-21-13-19(25)9-12-22(21)31-2/h3-14H,15H2,1-2H3,(H,27,29)(H,28,30). The van der Waals surface area contributed by atoms with Crippen LogP contribution in [0, 0.1) is 6.92 Å². The first-order valence-corrected chi connectivity index (χ1v) is 10.1. The van der Waals surface area contributed by atoms with Crippen molar-refractivity contribution in [1.82, 2.24) is 5.43 Å². The SMILES string of the molecule is COc1ccc(Cl)cc1NC(=O)C(=O)NN=Cc1ccc(OCc2ccccc2C)cc1. The van der Waals surface area contributed by atoms with E-state index < -0.39 is 11.8 Å². The number of hydrogen-bond acceptors (Lipinski definition) is 5. The Morgan fingerprint density at radius 3 is 2.50 bits per heavy atom. The monoisotopic (exact) mass is 451 g/mol. The summed E-state index contributed by atoms with van der Waals surface area (Å²) in [4.78, 5) is 24.1. The molecule has 8 heteroatoms. The molecule has 2 amide bonds. The lowest BCUT2D eigenvalue weighted by Gasteiger charge is -2.09. The van der Waals surface area contributed by atoms with Gasteiger partial charge in [-0.15, -0.1) is 0 Å². The van der Waals surface area contributed by atoms with Crippen LogP contribution in [0.2, 0.25) is 5.02 Å². The number of nitrogens with one attached hydrogen (secondary N) is 2. The van der Waals surface area contributed by atoms with Gasteiger partial charge in [0, 0.05) is 5.02 Å². The summed E-state index contributed by atoms with van der Waals surface area (Å²) in [6.45, 7) is 2.51. The van der Waals surface area contributed by atoms with Gasteiger partial charge in [0.2, 0.25) is 0 Å². The van der Waals surface area contributed by atoms with Crippen molar-refractivity contribution >= 4 is 35.3 Å². The molecule has 3 aromatic carbocycles. The molecule has 0 aliphatic carbocycles. The van der Waals surface area contributed by atoms with Crippen molar-refractivity contribution in [3.05, 3.63) is 88.4 Å². The highest BCUT2D eigenvalue weighted by molar-refractivity contribution is 6.40. The molecule has 32 heavy (non-hydrogen) atoms. The summed E-state index contributed by atoms with van der Waals surface area (Å²) in [7, 11) is 1.45. The third kappa shape index (κ3) is 6.33. The maximum Gasteiger partial charge on any atom is 0.329 e. The van der Waals surface area contributed by atoms with Crippen LogP contribution in [0.1, 0.15) is 16.7 Å². The summed E-state index contributed by atoms with van der Waals surface area (Å²) in [5.74, 6) is -0.739. The Hall–Kier alpha value is -3.84. The predicted octanol–water partition coefficient (Wildman–Crippen LogP) is 4.32. The van der Waals surface area contributed by atoms with Crippen molar-refractivity contribution in [3.8, 4) is 11.5 Å². The van der Waals surface area contributed by atoms with Crippen molar-refractivity contribution in [3.63, 3.8) is 0 Å². The number of amides is 2. The topological polar surface area (TPSA) is 89.0 Å². The Bertz CT molecular complexity index is 1130. The third-order valence-electron chi connectivity index (χ3n) is 4.53. The first-order valence-electron chi connectivity index (χ1n) is 9.71. The Morgan fingerprint density at radius 1 is 1.03 bits per heavy atom. The second kappa shape index (κ2) is 11.0. The van der Waals surface area contributed by atoms with Gasteiger partial charge in [-0.1, -0.05) is 35.9 Å². The lowest BCUT2D eigenvalue weighted by atomic mass is 10.1. The van der Waals surface area contributed by atoms with E-state index in [9.17, 15) is 9.59 Å². The van der Waals surface area contributed by atoms with Gasteiger partial charge >= 0.3 is 11.8 Å². The van der Waals surface area contributed by atoms with Gasteiger partial charge in [-0.3, -0.25) is 9.59 Å². The van der Waals surface area contributed by atoms with E-state index in [2.05, 4.69) is 15.8 Å². The number of carbonyl (C=O) groups excluding carboxylic acids is 2. The van der Waals surface area contributed by atoms with E-state index in [1.165, 1.54) is 25.0 Å². The maximum absolute atomic E-state index is 12.1. The molecule has 0 aliphatic heterocycles. The van der Waals surface area contributed by atoms with Crippen molar-refractivity contribution in [2.24, 2.45) is 5.10 Å². The molecular formula is C24H22ClN3O4. The molecule has 3 rings (SSSR count).